The Hall–Kier alpha value is -3.00. The van der Waals surface area contributed by atoms with E-state index in [-0.39, 0.29) is 12.8 Å². The molecule has 0 rings (SSSR count). The van der Waals surface area contributed by atoms with Crippen molar-refractivity contribution in [1.82, 2.24) is 0 Å². The van der Waals surface area contributed by atoms with Gasteiger partial charge in [-0.25, -0.2) is 9.13 Å². The number of hydrogen-bond acceptors (Lipinski definition) is 11. The van der Waals surface area contributed by atoms with Crippen LogP contribution in [0, 0.1) is 0 Å². The summed E-state index contributed by atoms with van der Waals surface area (Å²) in [5.41, 5.74) is 0. The van der Waals surface area contributed by atoms with Gasteiger partial charge in [-0.1, -0.05) is 130 Å². The molecule has 60 heavy (non-hydrogen) atoms. The van der Waals surface area contributed by atoms with Crippen molar-refractivity contribution >= 4 is 27.6 Å². The van der Waals surface area contributed by atoms with Gasteiger partial charge in [0.25, 0.3) is 0 Å². The second-order valence-corrected chi connectivity index (χ2v) is 16.4. The van der Waals surface area contributed by atoms with Crippen LogP contribution in [0.2, 0.25) is 0 Å². The Bertz CT molecular complexity index is 1440. The van der Waals surface area contributed by atoms with E-state index in [1.165, 1.54) is 0 Å². The summed E-state index contributed by atoms with van der Waals surface area (Å²) in [6.07, 6.45) is 42.2. The second kappa shape index (κ2) is 38.9. The molecule has 0 bridgehead atoms. The van der Waals surface area contributed by atoms with Crippen LogP contribution < -0.4 is 0 Å². The smallest absolute Gasteiger partial charge is 0.462 e. The highest BCUT2D eigenvalue weighted by molar-refractivity contribution is 7.47. The van der Waals surface area contributed by atoms with Crippen LogP contribution in [0.3, 0.4) is 0 Å². The van der Waals surface area contributed by atoms with Crippen LogP contribution in [-0.2, 0) is 41.8 Å². The monoisotopic (exact) mass is 886 g/mol. The van der Waals surface area contributed by atoms with E-state index in [1.54, 1.807) is 6.08 Å². The van der Waals surface area contributed by atoms with E-state index in [2.05, 4.69) is 70.7 Å². The van der Waals surface area contributed by atoms with E-state index < -0.39 is 72.3 Å². The van der Waals surface area contributed by atoms with Gasteiger partial charge in [0.2, 0.25) is 0 Å². The third-order valence-corrected chi connectivity index (χ3v) is 9.55. The number of ether oxygens (including phenoxy) is 2. The van der Waals surface area contributed by atoms with Gasteiger partial charge in [0, 0.05) is 12.8 Å². The lowest BCUT2D eigenvalue weighted by molar-refractivity contribution is -0.161. The molecule has 0 aliphatic heterocycles. The number of unbranched alkanes of at least 4 members (excludes halogenated alkanes) is 6. The van der Waals surface area contributed by atoms with Crippen LogP contribution in [-0.4, -0.2) is 81.6 Å². The maximum absolute atomic E-state index is 12.6. The van der Waals surface area contributed by atoms with Gasteiger partial charge in [-0.3, -0.25) is 23.2 Å². The molecule has 0 aromatic rings. The summed E-state index contributed by atoms with van der Waals surface area (Å²) in [4.78, 5) is 52.6. The minimum atomic E-state index is -4.88. The quantitative estimate of drug-likeness (QED) is 0.0128. The first kappa shape index (κ1) is 57.0. The van der Waals surface area contributed by atoms with E-state index in [1.807, 2.05) is 43.4 Å². The van der Waals surface area contributed by atoms with Crippen LogP contribution in [0.1, 0.15) is 123 Å². The number of aliphatic hydroxyl groups excluding tert-OH is 2. The second-order valence-electron chi connectivity index (χ2n) is 13.7. The van der Waals surface area contributed by atoms with E-state index in [0.29, 0.717) is 25.7 Å². The molecule has 0 aliphatic rings. The fraction of sp³-hybridized carbons (Fsp3) is 0.591. The summed E-state index contributed by atoms with van der Waals surface area (Å²) >= 11 is 0. The maximum Gasteiger partial charge on any atom is 0.472 e. The Kier molecular flexibility index (Phi) is 36.9. The summed E-state index contributed by atoms with van der Waals surface area (Å²) in [6.45, 7) is 1.20. The van der Waals surface area contributed by atoms with Crippen LogP contribution in [0.4, 0.5) is 0 Å². The van der Waals surface area contributed by atoms with Crippen molar-refractivity contribution < 1.29 is 66.7 Å². The first-order chi connectivity index (χ1) is 28.8. The van der Waals surface area contributed by atoms with Crippen molar-refractivity contribution in [2.45, 2.75) is 141 Å². The van der Waals surface area contributed by atoms with Gasteiger partial charge >= 0.3 is 27.6 Å². The highest BCUT2D eigenvalue weighted by Crippen LogP contribution is 2.43. The van der Waals surface area contributed by atoms with Gasteiger partial charge in [-0.2, -0.15) is 0 Å². The number of carbonyl (C=O) groups excluding carboxylic acids is 2. The summed E-state index contributed by atoms with van der Waals surface area (Å²) in [6, 6.07) is 0. The molecule has 16 heteroatoms. The SMILES string of the molecule is CC/C=C\C/C=C\C/C=C\CCCCCCCC(=O)OC[C@H](COP(=O)(O)OC[C@@H](O)COP(=O)(O)O)OC(=O)CCC/C=C\C/C=C\C/C=C\C/C=C\C=C\[C@H](O)CC. The Balaban J connectivity index is 4.70. The molecule has 14 nitrogen and oxygen atoms in total. The van der Waals surface area contributed by atoms with Crippen molar-refractivity contribution in [3.8, 4) is 0 Å². The predicted octanol–water partition coefficient (Wildman–Crippen LogP) is 9.53. The third kappa shape index (κ3) is 41.7. The summed E-state index contributed by atoms with van der Waals surface area (Å²) < 4.78 is 47.6. The molecule has 0 saturated carbocycles. The molecule has 0 aromatic carbocycles. The minimum absolute atomic E-state index is 0.0294. The van der Waals surface area contributed by atoms with E-state index in [0.717, 1.165) is 70.6 Å². The summed E-state index contributed by atoms with van der Waals surface area (Å²) in [5, 5.41) is 19.2. The van der Waals surface area contributed by atoms with Crippen molar-refractivity contribution in [3.05, 3.63) is 97.2 Å². The van der Waals surface area contributed by atoms with Gasteiger partial charge in [-0.05, 0) is 77.0 Å². The molecular formula is C44H72O14P2. The van der Waals surface area contributed by atoms with Gasteiger partial charge in [-0.15, -0.1) is 0 Å². The zero-order chi connectivity index (χ0) is 44.6. The van der Waals surface area contributed by atoms with Crippen LogP contribution in [0.25, 0.3) is 0 Å². The molecule has 0 spiro atoms. The molecule has 0 radical (unpaired) electrons. The zero-order valence-electron chi connectivity index (χ0n) is 35.6. The van der Waals surface area contributed by atoms with E-state index in [9.17, 15) is 33.8 Å². The number of phosphoric acid groups is 2. The van der Waals surface area contributed by atoms with Gasteiger partial charge in [0.1, 0.15) is 12.7 Å². The largest absolute Gasteiger partial charge is 0.472 e. The van der Waals surface area contributed by atoms with E-state index >= 15 is 0 Å². The third-order valence-electron chi connectivity index (χ3n) is 8.12. The normalized spacial score (nSPS) is 15.5. The molecular weight excluding hydrogens is 814 g/mol. The molecule has 1 unspecified atom stereocenters. The molecule has 342 valence electrons. The molecule has 0 amide bonds. The van der Waals surface area contributed by atoms with Crippen molar-refractivity contribution in [2.24, 2.45) is 0 Å². The fourth-order valence-corrected chi connectivity index (χ4v) is 5.97. The highest BCUT2D eigenvalue weighted by Gasteiger charge is 2.28. The molecule has 0 aliphatic carbocycles. The lowest BCUT2D eigenvalue weighted by Gasteiger charge is -2.20. The topological polar surface area (TPSA) is 216 Å². The standard InChI is InChI=1S/C44H72O14P2/c1-3-5-6-7-8-9-10-11-12-16-19-22-25-28-31-34-43(47)54-38-42(39-57-60(52,53)56-37-41(46)36-55-59(49,50)51)58-44(48)35-32-29-26-23-20-17-14-13-15-18-21-24-27-30-33-40(45)4-2/h5-6,8-9,11-12,14-15,17-18,23-24,26-27,30,33,40-42,45-46H,3-4,7,10,13,16,19-22,25,28-29,31-32,34-39H2,1-2H3,(H,52,53)(H2,49,50,51)/b6-5-,9-8-,12-11-,17-14-,18-15-,26-23-,27-24-,33-30+/t40-,41+,42-/m1/s1. The lowest BCUT2D eigenvalue weighted by Crippen LogP contribution is -2.29. The van der Waals surface area contributed by atoms with Crippen molar-refractivity contribution in [1.29, 1.82) is 0 Å². The molecule has 0 aromatic heterocycles. The number of allylic oxidation sites excluding steroid dienone is 15. The molecule has 0 fully saturated rings. The van der Waals surface area contributed by atoms with Crippen molar-refractivity contribution in [3.63, 3.8) is 0 Å². The minimum Gasteiger partial charge on any atom is -0.462 e. The predicted molar refractivity (Wildman–Crippen MR) is 236 cm³/mol. The Morgan fingerprint density at radius 2 is 1.05 bits per heavy atom. The lowest BCUT2D eigenvalue weighted by atomic mass is 10.1. The maximum atomic E-state index is 12.6. The van der Waals surface area contributed by atoms with Crippen LogP contribution >= 0.6 is 15.6 Å². The van der Waals surface area contributed by atoms with Crippen LogP contribution in [0.5, 0.6) is 0 Å². The Morgan fingerprint density at radius 3 is 1.65 bits per heavy atom. The molecule has 0 heterocycles. The Morgan fingerprint density at radius 1 is 0.550 bits per heavy atom. The number of carbonyl (C=O) groups is 2. The summed E-state index contributed by atoms with van der Waals surface area (Å²) in [5.74, 6) is -1.15. The first-order valence-electron chi connectivity index (χ1n) is 21.0. The first-order valence-corrected chi connectivity index (χ1v) is 24.1. The molecule has 0 saturated heterocycles. The Labute approximate surface area is 358 Å². The molecule has 5 N–H and O–H groups in total. The average Bonchev–Trinajstić information content (AvgIpc) is 3.21. The average molecular weight is 887 g/mol. The zero-order valence-corrected chi connectivity index (χ0v) is 37.4. The number of esters is 2. The number of phosphoric ester groups is 2. The van der Waals surface area contributed by atoms with Gasteiger partial charge < -0.3 is 34.4 Å². The summed E-state index contributed by atoms with van der Waals surface area (Å²) in [7, 11) is -9.72. The van der Waals surface area contributed by atoms with Gasteiger partial charge in [0.15, 0.2) is 6.10 Å². The van der Waals surface area contributed by atoms with Gasteiger partial charge in [0.05, 0.1) is 25.9 Å². The highest BCUT2D eigenvalue weighted by atomic mass is 31.2. The molecule has 4 atom stereocenters. The van der Waals surface area contributed by atoms with Crippen LogP contribution in [0.15, 0.2) is 97.2 Å². The number of rotatable bonds is 38. The number of aliphatic hydroxyl groups is 2. The number of hydrogen-bond donors (Lipinski definition) is 5. The van der Waals surface area contributed by atoms with Crippen molar-refractivity contribution in [2.75, 3.05) is 26.4 Å². The fourth-order valence-electron chi connectivity index (χ4n) is 4.82. The van der Waals surface area contributed by atoms with E-state index in [4.69, 9.17) is 23.8 Å².